The molecule has 1 aliphatic rings. The van der Waals surface area contributed by atoms with Gasteiger partial charge in [-0.2, -0.15) is 0 Å². The number of hydrogen-bond donors (Lipinski definition) is 0. The zero-order valence-electron chi connectivity index (χ0n) is 16.0. The van der Waals surface area contributed by atoms with E-state index in [1.54, 1.807) is 30.2 Å². The molecule has 1 saturated heterocycles. The SMILES string of the molecule is CCN1C(=O)C(=Cc2cc(Cl)c(OCCOc3ccccc3)c(OC)c2)SC1=S. The van der Waals surface area contributed by atoms with Crippen LogP contribution in [0.4, 0.5) is 0 Å². The second-order valence-corrected chi connectivity index (χ2v) is 8.05. The number of likely N-dealkylation sites (N-methyl/N-ethyl adjacent to an activating group) is 1. The summed E-state index contributed by atoms with van der Waals surface area (Å²) in [4.78, 5) is 14.5. The van der Waals surface area contributed by atoms with Gasteiger partial charge < -0.3 is 14.2 Å². The predicted octanol–water partition coefficient (Wildman–Crippen LogP) is 5.03. The molecule has 3 rings (SSSR count). The van der Waals surface area contributed by atoms with E-state index in [2.05, 4.69) is 0 Å². The number of thiocarbonyl (C=S) groups is 1. The number of para-hydroxylation sites is 1. The van der Waals surface area contributed by atoms with Crippen molar-refractivity contribution in [2.45, 2.75) is 6.92 Å². The van der Waals surface area contributed by atoms with Gasteiger partial charge in [0.1, 0.15) is 23.3 Å². The minimum absolute atomic E-state index is 0.101. The van der Waals surface area contributed by atoms with E-state index in [0.717, 1.165) is 11.3 Å². The zero-order chi connectivity index (χ0) is 20.8. The Labute approximate surface area is 184 Å². The Balaban J connectivity index is 1.70. The maximum Gasteiger partial charge on any atom is 0.266 e. The first-order chi connectivity index (χ1) is 14.0. The summed E-state index contributed by atoms with van der Waals surface area (Å²) < 4.78 is 17.4. The fourth-order valence-corrected chi connectivity index (χ4v) is 4.37. The van der Waals surface area contributed by atoms with E-state index in [1.807, 2.05) is 37.3 Å². The first-order valence-electron chi connectivity index (χ1n) is 8.97. The van der Waals surface area contributed by atoms with Crippen LogP contribution in [0.5, 0.6) is 17.2 Å². The van der Waals surface area contributed by atoms with Crippen LogP contribution in [0.1, 0.15) is 12.5 Å². The van der Waals surface area contributed by atoms with Gasteiger partial charge in [-0.25, -0.2) is 0 Å². The Morgan fingerprint density at radius 2 is 1.90 bits per heavy atom. The molecule has 1 amide bonds. The number of rotatable bonds is 8. The number of carbonyl (C=O) groups is 1. The van der Waals surface area contributed by atoms with Gasteiger partial charge in [-0.05, 0) is 42.8 Å². The maximum atomic E-state index is 12.4. The summed E-state index contributed by atoms with van der Waals surface area (Å²) >= 11 is 12.9. The van der Waals surface area contributed by atoms with Gasteiger partial charge >= 0.3 is 0 Å². The second kappa shape index (κ2) is 10.0. The van der Waals surface area contributed by atoms with Crippen LogP contribution in [0.15, 0.2) is 47.4 Å². The molecule has 1 aliphatic heterocycles. The van der Waals surface area contributed by atoms with E-state index in [9.17, 15) is 4.79 Å². The number of thioether (sulfide) groups is 1. The van der Waals surface area contributed by atoms with E-state index < -0.39 is 0 Å². The molecule has 1 fully saturated rings. The van der Waals surface area contributed by atoms with Gasteiger partial charge in [0, 0.05) is 6.54 Å². The topological polar surface area (TPSA) is 48.0 Å². The lowest BCUT2D eigenvalue weighted by Gasteiger charge is -2.14. The Bertz CT molecular complexity index is 934. The first kappa shape index (κ1) is 21.5. The molecule has 152 valence electrons. The van der Waals surface area contributed by atoms with Crippen LogP contribution < -0.4 is 14.2 Å². The van der Waals surface area contributed by atoms with E-state index in [1.165, 1.54) is 11.8 Å². The summed E-state index contributed by atoms with van der Waals surface area (Å²) in [7, 11) is 1.54. The fourth-order valence-electron chi connectivity index (χ4n) is 2.71. The normalized spacial score (nSPS) is 15.1. The summed E-state index contributed by atoms with van der Waals surface area (Å²) in [5.41, 5.74) is 0.733. The quantitative estimate of drug-likeness (QED) is 0.320. The van der Waals surface area contributed by atoms with Crippen molar-refractivity contribution in [3.05, 3.63) is 58.0 Å². The number of methoxy groups -OCH3 is 1. The van der Waals surface area contributed by atoms with Crippen molar-refractivity contribution < 1.29 is 19.0 Å². The molecule has 0 aromatic heterocycles. The average molecular weight is 450 g/mol. The van der Waals surface area contributed by atoms with Crippen molar-refractivity contribution in [1.29, 1.82) is 0 Å². The lowest BCUT2D eigenvalue weighted by atomic mass is 10.1. The Hall–Kier alpha value is -2.22. The third-order valence-electron chi connectivity index (χ3n) is 4.08. The third-order valence-corrected chi connectivity index (χ3v) is 5.74. The Morgan fingerprint density at radius 3 is 2.55 bits per heavy atom. The Kier molecular flexibility index (Phi) is 7.41. The minimum Gasteiger partial charge on any atom is -0.493 e. The predicted molar refractivity (Wildman–Crippen MR) is 121 cm³/mol. The molecule has 0 atom stereocenters. The molecule has 0 N–H and O–H groups in total. The van der Waals surface area contributed by atoms with Crippen molar-refractivity contribution in [3.63, 3.8) is 0 Å². The van der Waals surface area contributed by atoms with E-state index in [4.69, 9.17) is 38.0 Å². The highest BCUT2D eigenvalue weighted by Crippen LogP contribution is 2.39. The zero-order valence-corrected chi connectivity index (χ0v) is 18.4. The van der Waals surface area contributed by atoms with Crippen LogP contribution in [-0.4, -0.2) is 42.0 Å². The summed E-state index contributed by atoms with van der Waals surface area (Å²) in [6.07, 6.45) is 1.76. The highest BCUT2D eigenvalue weighted by atomic mass is 35.5. The molecule has 0 bridgehead atoms. The van der Waals surface area contributed by atoms with Crippen LogP contribution in [0.25, 0.3) is 6.08 Å². The molecule has 0 radical (unpaired) electrons. The van der Waals surface area contributed by atoms with Crippen LogP contribution in [0, 0.1) is 0 Å². The molecule has 0 unspecified atom stereocenters. The average Bonchev–Trinajstić information content (AvgIpc) is 2.99. The van der Waals surface area contributed by atoms with Gasteiger partial charge in [0.05, 0.1) is 17.0 Å². The largest absolute Gasteiger partial charge is 0.493 e. The van der Waals surface area contributed by atoms with Crippen molar-refractivity contribution >= 4 is 51.9 Å². The van der Waals surface area contributed by atoms with Crippen molar-refractivity contribution in [2.24, 2.45) is 0 Å². The number of carbonyl (C=O) groups excluding carboxylic acids is 1. The van der Waals surface area contributed by atoms with Gasteiger partial charge in [0.2, 0.25) is 0 Å². The van der Waals surface area contributed by atoms with Crippen LogP contribution >= 0.6 is 35.6 Å². The van der Waals surface area contributed by atoms with E-state index >= 15 is 0 Å². The van der Waals surface area contributed by atoms with Gasteiger partial charge in [0.15, 0.2) is 11.5 Å². The summed E-state index contributed by atoms with van der Waals surface area (Å²) in [6, 6.07) is 13.0. The molecule has 5 nitrogen and oxygen atoms in total. The number of amides is 1. The van der Waals surface area contributed by atoms with Crippen LogP contribution in [-0.2, 0) is 4.79 Å². The first-order valence-corrected chi connectivity index (χ1v) is 10.6. The standard InChI is InChI=1S/C21H20ClNO4S2/c1-3-23-20(24)18(29-21(23)28)13-14-11-16(22)19(17(12-14)25-2)27-10-9-26-15-7-5-4-6-8-15/h4-8,11-13H,3,9-10H2,1-2H3. The van der Waals surface area contributed by atoms with Crippen LogP contribution in [0.3, 0.4) is 0 Å². The smallest absolute Gasteiger partial charge is 0.266 e. The van der Waals surface area contributed by atoms with Gasteiger partial charge in [-0.3, -0.25) is 9.69 Å². The lowest BCUT2D eigenvalue weighted by molar-refractivity contribution is -0.121. The summed E-state index contributed by atoms with van der Waals surface area (Å²) in [5, 5.41) is 0.390. The molecule has 0 aliphatic carbocycles. The molecule has 2 aromatic rings. The molecule has 2 aromatic carbocycles. The molecular formula is C21H20ClNO4S2. The third kappa shape index (κ3) is 5.23. The molecule has 8 heteroatoms. The van der Waals surface area contributed by atoms with Crippen molar-refractivity contribution in [3.8, 4) is 17.2 Å². The molecule has 1 heterocycles. The maximum absolute atomic E-state index is 12.4. The second-order valence-electron chi connectivity index (χ2n) is 5.97. The summed E-state index contributed by atoms with van der Waals surface area (Å²) in [6.45, 7) is 3.11. The monoisotopic (exact) mass is 449 g/mol. The van der Waals surface area contributed by atoms with Crippen molar-refractivity contribution in [2.75, 3.05) is 26.9 Å². The van der Waals surface area contributed by atoms with Gasteiger partial charge in [-0.1, -0.05) is 53.8 Å². The molecule has 0 spiro atoms. The van der Waals surface area contributed by atoms with E-state index in [0.29, 0.717) is 45.5 Å². The van der Waals surface area contributed by atoms with Gasteiger partial charge in [0.25, 0.3) is 5.91 Å². The molecule has 29 heavy (non-hydrogen) atoms. The molecular weight excluding hydrogens is 430 g/mol. The number of nitrogens with zero attached hydrogens (tertiary/aromatic N) is 1. The number of benzene rings is 2. The highest BCUT2D eigenvalue weighted by Gasteiger charge is 2.30. The summed E-state index contributed by atoms with van der Waals surface area (Å²) in [5.74, 6) is 1.59. The minimum atomic E-state index is -0.101. The number of ether oxygens (including phenoxy) is 3. The van der Waals surface area contributed by atoms with Crippen LogP contribution in [0.2, 0.25) is 5.02 Å². The van der Waals surface area contributed by atoms with Gasteiger partial charge in [-0.15, -0.1) is 0 Å². The van der Waals surface area contributed by atoms with E-state index in [-0.39, 0.29) is 5.91 Å². The fraction of sp³-hybridized carbons (Fsp3) is 0.238. The Morgan fingerprint density at radius 1 is 1.17 bits per heavy atom. The molecule has 0 saturated carbocycles. The lowest BCUT2D eigenvalue weighted by Crippen LogP contribution is -2.27. The number of halogens is 1. The number of hydrogen-bond acceptors (Lipinski definition) is 6. The highest BCUT2D eigenvalue weighted by molar-refractivity contribution is 8.26. The van der Waals surface area contributed by atoms with Crippen molar-refractivity contribution in [1.82, 2.24) is 4.90 Å².